The van der Waals surface area contributed by atoms with Crippen molar-refractivity contribution in [2.45, 2.75) is 51.4 Å². The van der Waals surface area contributed by atoms with Crippen molar-refractivity contribution < 1.29 is 29.0 Å². The topological polar surface area (TPSA) is 93.1 Å². The average Bonchev–Trinajstić information content (AvgIpc) is 2.74. The number of hydrogen-bond donors (Lipinski definition) is 1. The van der Waals surface area contributed by atoms with E-state index in [0.717, 1.165) is 0 Å². The van der Waals surface area contributed by atoms with Crippen LogP contribution >= 0.6 is 11.6 Å². The highest BCUT2D eigenvalue weighted by molar-refractivity contribution is 6.32. The molecule has 4 rings (SSSR count). The second-order valence-electron chi connectivity index (χ2n) is 8.15. The first-order valence-corrected chi connectivity index (χ1v) is 11.3. The van der Waals surface area contributed by atoms with Gasteiger partial charge in [0.25, 0.3) is 0 Å². The van der Waals surface area contributed by atoms with E-state index in [4.69, 9.17) is 21.1 Å². The third-order valence-electron chi connectivity index (χ3n) is 6.25. The van der Waals surface area contributed by atoms with E-state index in [1.165, 1.54) is 7.11 Å². The van der Waals surface area contributed by atoms with Gasteiger partial charge in [-0.3, -0.25) is 14.4 Å². The maximum atomic E-state index is 13.2. The summed E-state index contributed by atoms with van der Waals surface area (Å²) in [4.78, 5) is 39.7. The number of methoxy groups -OCH3 is 1. The van der Waals surface area contributed by atoms with Crippen LogP contribution in [0.2, 0.25) is 5.02 Å². The Morgan fingerprint density at radius 3 is 2.19 bits per heavy atom. The number of allylic oxidation sites excluding steroid dienone is 4. The standard InChI is InChI=1S/C24H26ClNO6/c1-3-32-19-11-13(10-14(25)24(19)31-2)21-22-15(6-4-8-17(22)27)26(12-20(29)30)16-7-5-9-18(28)23(16)21/h10-11,21H,3-9,12H2,1-2H3,(H,29,30). The van der Waals surface area contributed by atoms with E-state index in [1.54, 1.807) is 17.0 Å². The maximum Gasteiger partial charge on any atom is 0.323 e. The summed E-state index contributed by atoms with van der Waals surface area (Å²) in [5.41, 5.74) is 3.13. The van der Waals surface area contributed by atoms with Crippen LogP contribution in [-0.2, 0) is 14.4 Å². The van der Waals surface area contributed by atoms with E-state index in [1.807, 2.05) is 6.92 Å². The summed E-state index contributed by atoms with van der Waals surface area (Å²) in [6, 6.07) is 3.50. The van der Waals surface area contributed by atoms with E-state index in [9.17, 15) is 19.5 Å². The van der Waals surface area contributed by atoms with Gasteiger partial charge in [-0.2, -0.15) is 0 Å². The predicted octanol–water partition coefficient (Wildman–Crippen LogP) is 4.25. The summed E-state index contributed by atoms with van der Waals surface area (Å²) in [5, 5.41) is 9.88. The fourth-order valence-corrected chi connectivity index (χ4v) is 5.39. The Morgan fingerprint density at radius 2 is 1.69 bits per heavy atom. The van der Waals surface area contributed by atoms with Crippen LogP contribution in [0.3, 0.4) is 0 Å². The van der Waals surface area contributed by atoms with Gasteiger partial charge in [-0.15, -0.1) is 0 Å². The van der Waals surface area contributed by atoms with Crippen molar-refractivity contribution in [1.29, 1.82) is 0 Å². The molecule has 0 unspecified atom stereocenters. The van der Waals surface area contributed by atoms with Crippen molar-refractivity contribution in [1.82, 2.24) is 4.90 Å². The number of rotatable bonds is 6. The Kier molecular flexibility index (Phi) is 6.29. The third-order valence-corrected chi connectivity index (χ3v) is 6.53. The minimum Gasteiger partial charge on any atom is -0.491 e. The van der Waals surface area contributed by atoms with Crippen LogP contribution in [0, 0.1) is 0 Å². The number of carbonyl (C=O) groups is 3. The van der Waals surface area contributed by atoms with Gasteiger partial charge in [0.2, 0.25) is 0 Å². The van der Waals surface area contributed by atoms with Crippen LogP contribution in [-0.4, -0.2) is 47.8 Å². The van der Waals surface area contributed by atoms with E-state index >= 15 is 0 Å². The molecule has 1 aromatic carbocycles. The number of ketones is 2. The van der Waals surface area contributed by atoms with E-state index < -0.39 is 11.9 Å². The summed E-state index contributed by atoms with van der Waals surface area (Å²) in [6.07, 6.45) is 3.25. The lowest BCUT2D eigenvalue weighted by molar-refractivity contribution is -0.138. The Hall–Kier alpha value is -2.80. The van der Waals surface area contributed by atoms with Gasteiger partial charge in [0.05, 0.1) is 18.7 Å². The number of carboxylic acids is 1. The maximum absolute atomic E-state index is 13.2. The van der Waals surface area contributed by atoms with Gasteiger partial charge in [0.1, 0.15) is 6.54 Å². The first kappa shape index (κ1) is 22.4. The van der Waals surface area contributed by atoms with Crippen LogP contribution in [0.5, 0.6) is 11.5 Å². The molecule has 0 spiro atoms. The first-order chi connectivity index (χ1) is 15.4. The van der Waals surface area contributed by atoms with Crippen LogP contribution < -0.4 is 9.47 Å². The lowest BCUT2D eigenvalue weighted by Gasteiger charge is -2.43. The molecule has 32 heavy (non-hydrogen) atoms. The lowest BCUT2D eigenvalue weighted by atomic mass is 9.71. The number of ether oxygens (including phenoxy) is 2. The molecule has 0 amide bonds. The molecule has 0 atom stereocenters. The summed E-state index contributed by atoms with van der Waals surface area (Å²) in [6.45, 7) is 1.98. The molecule has 7 nitrogen and oxygen atoms in total. The number of benzene rings is 1. The van der Waals surface area contributed by atoms with E-state index in [2.05, 4.69) is 0 Å². The van der Waals surface area contributed by atoms with Crippen LogP contribution in [0.4, 0.5) is 0 Å². The fourth-order valence-electron chi connectivity index (χ4n) is 5.09. The van der Waals surface area contributed by atoms with Gasteiger partial charge in [-0.1, -0.05) is 11.6 Å². The lowest BCUT2D eigenvalue weighted by Crippen LogP contribution is -2.41. The van der Waals surface area contributed by atoms with Gasteiger partial charge in [0.15, 0.2) is 23.1 Å². The number of nitrogens with zero attached hydrogens (tertiary/aromatic N) is 1. The van der Waals surface area contributed by atoms with Crippen molar-refractivity contribution in [2.24, 2.45) is 0 Å². The third kappa shape index (κ3) is 3.79. The molecule has 3 aliphatic rings. The van der Waals surface area contributed by atoms with Crippen molar-refractivity contribution in [3.8, 4) is 11.5 Å². The molecule has 0 saturated carbocycles. The fraction of sp³-hybridized carbons (Fsp3) is 0.458. The van der Waals surface area contributed by atoms with Crippen molar-refractivity contribution >= 4 is 29.1 Å². The molecule has 1 aliphatic heterocycles. The minimum absolute atomic E-state index is 0.0542. The zero-order valence-electron chi connectivity index (χ0n) is 18.2. The Bertz CT molecular complexity index is 1010. The molecule has 1 N–H and O–H groups in total. The minimum atomic E-state index is -0.996. The summed E-state index contributed by atoms with van der Waals surface area (Å²) in [7, 11) is 1.50. The van der Waals surface area contributed by atoms with Crippen molar-refractivity contribution in [3.05, 3.63) is 45.3 Å². The Balaban J connectivity index is 1.97. The Morgan fingerprint density at radius 1 is 1.09 bits per heavy atom. The number of carboxylic acid groups (broad SMARTS) is 1. The molecular weight excluding hydrogens is 434 g/mol. The highest BCUT2D eigenvalue weighted by atomic mass is 35.5. The van der Waals surface area contributed by atoms with Crippen LogP contribution in [0.15, 0.2) is 34.7 Å². The largest absolute Gasteiger partial charge is 0.491 e. The summed E-state index contributed by atoms with van der Waals surface area (Å²) in [5.74, 6) is -0.851. The second kappa shape index (κ2) is 8.98. The molecule has 0 aromatic heterocycles. The van der Waals surface area contributed by atoms with Gasteiger partial charge in [0, 0.05) is 41.3 Å². The number of aliphatic carboxylic acids is 1. The molecule has 1 heterocycles. The molecule has 170 valence electrons. The molecule has 2 aliphatic carbocycles. The monoisotopic (exact) mass is 459 g/mol. The van der Waals surface area contributed by atoms with Crippen molar-refractivity contribution in [3.63, 3.8) is 0 Å². The van der Waals surface area contributed by atoms with Gasteiger partial charge >= 0.3 is 5.97 Å². The van der Waals surface area contributed by atoms with Crippen LogP contribution in [0.25, 0.3) is 0 Å². The number of hydrogen-bond acceptors (Lipinski definition) is 6. The highest BCUT2D eigenvalue weighted by Gasteiger charge is 2.44. The van der Waals surface area contributed by atoms with Crippen LogP contribution in [0.1, 0.15) is 56.9 Å². The second-order valence-corrected chi connectivity index (χ2v) is 8.56. The molecule has 0 saturated heterocycles. The first-order valence-electron chi connectivity index (χ1n) is 10.9. The smallest absolute Gasteiger partial charge is 0.323 e. The molecular formula is C24H26ClNO6. The van der Waals surface area contributed by atoms with E-state index in [0.29, 0.717) is 89.8 Å². The molecule has 8 heteroatoms. The Labute approximate surface area is 191 Å². The quantitative estimate of drug-likeness (QED) is 0.679. The zero-order valence-corrected chi connectivity index (χ0v) is 19.0. The predicted molar refractivity (Wildman–Crippen MR) is 118 cm³/mol. The molecule has 0 fully saturated rings. The van der Waals surface area contributed by atoms with E-state index in [-0.39, 0.29) is 18.1 Å². The molecule has 0 radical (unpaired) electrons. The highest BCUT2D eigenvalue weighted by Crippen LogP contribution is 2.51. The van der Waals surface area contributed by atoms with Gasteiger partial charge in [-0.05, 0) is 50.3 Å². The summed E-state index contributed by atoms with van der Waals surface area (Å²) < 4.78 is 11.1. The average molecular weight is 460 g/mol. The molecule has 1 aromatic rings. The number of carbonyl (C=O) groups excluding carboxylic acids is 2. The van der Waals surface area contributed by atoms with Gasteiger partial charge in [-0.25, -0.2) is 0 Å². The summed E-state index contributed by atoms with van der Waals surface area (Å²) >= 11 is 6.52. The normalized spacial score (nSPS) is 19.2. The zero-order chi connectivity index (χ0) is 23.0. The van der Waals surface area contributed by atoms with Gasteiger partial charge < -0.3 is 19.5 Å². The molecule has 0 bridgehead atoms. The SMILES string of the molecule is CCOc1cc(C2C3=C(CCCC3=O)N(CC(=O)O)C3=C2C(=O)CCC3)cc(Cl)c1OC. The van der Waals surface area contributed by atoms with Crippen molar-refractivity contribution in [2.75, 3.05) is 20.3 Å². The number of Topliss-reactive ketones (excluding diaryl/α,β-unsaturated/α-hetero) is 2. The number of halogens is 1.